The summed E-state index contributed by atoms with van der Waals surface area (Å²) in [5, 5.41) is 8.52. The summed E-state index contributed by atoms with van der Waals surface area (Å²) in [7, 11) is 0. The lowest BCUT2D eigenvalue weighted by molar-refractivity contribution is -0.107. The second-order valence-corrected chi connectivity index (χ2v) is 2.79. The average molecular weight is 224 g/mol. The van der Waals surface area contributed by atoms with Crippen LogP contribution in [0.25, 0.3) is 0 Å². The van der Waals surface area contributed by atoms with Crippen LogP contribution in [0.1, 0.15) is 22.3 Å². The van der Waals surface area contributed by atoms with Crippen LogP contribution < -0.4 is 0 Å². The molecule has 1 aromatic rings. The fraction of sp³-hybridized carbons (Fsp3) is 0.0909. The van der Waals surface area contributed by atoms with Crippen molar-refractivity contribution < 1.29 is 23.5 Å². The zero-order valence-corrected chi connectivity index (χ0v) is 7.96. The van der Waals surface area contributed by atoms with Gasteiger partial charge in [0, 0.05) is 0 Å². The Hall–Kier alpha value is -2.22. The lowest BCUT2D eigenvalue weighted by Gasteiger charge is -1.99. The molecule has 0 aliphatic carbocycles. The minimum absolute atomic E-state index is 0.139. The van der Waals surface area contributed by atoms with Crippen LogP contribution in [0.4, 0.5) is 8.78 Å². The van der Waals surface area contributed by atoms with E-state index in [1.54, 1.807) is 0 Å². The Balaban J connectivity index is 3.19. The number of aromatic carboxylic acids is 1. The van der Waals surface area contributed by atoms with E-state index in [0.717, 1.165) is 0 Å². The second-order valence-electron chi connectivity index (χ2n) is 2.79. The van der Waals surface area contributed by atoms with Gasteiger partial charge in [0.15, 0.2) is 0 Å². The van der Waals surface area contributed by atoms with Gasteiger partial charge in [-0.3, -0.25) is 0 Å². The van der Waals surface area contributed by atoms with Gasteiger partial charge in [-0.1, -0.05) is 11.8 Å². The molecule has 0 aliphatic rings. The first-order valence-electron chi connectivity index (χ1n) is 4.21. The molecule has 82 valence electrons. The third kappa shape index (κ3) is 2.64. The second kappa shape index (κ2) is 5.03. The number of carboxylic acids is 1. The molecular formula is C11H6F2O3. The molecule has 0 aromatic heterocycles. The molecule has 0 heterocycles. The van der Waals surface area contributed by atoms with Gasteiger partial charge in [0.1, 0.15) is 17.9 Å². The topological polar surface area (TPSA) is 54.4 Å². The fourth-order valence-electron chi connectivity index (χ4n) is 0.997. The SMILES string of the molecule is O=CCC#Cc1c(F)cc(C(=O)O)cc1F. The third-order valence-corrected chi connectivity index (χ3v) is 1.69. The highest BCUT2D eigenvalue weighted by Gasteiger charge is 2.12. The summed E-state index contributed by atoms with van der Waals surface area (Å²) in [4.78, 5) is 20.4. The van der Waals surface area contributed by atoms with Crippen LogP contribution in [0.3, 0.4) is 0 Å². The lowest BCUT2D eigenvalue weighted by Crippen LogP contribution is -2.01. The summed E-state index contributed by atoms with van der Waals surface area (Å²) in [5.74, 6) is 0.816. The van der Waals surface area contributed by atoms with Gasteiger partial charge in [-0.15, -0.1) is 0 Å². The van der Waals surface area contributed by atoms with Gasteiger partial charge in [-0.05, 0) is 12.1 Å². The van der Waals surface area contributed by atoms with Gasteiger partial charge < -0.3 is 9.90 Å². The van der Waals surface area contributed by atoms with E-state index in [4.69, 9.17) is 5.11 Å². The molecule has 16 heavy (non-hydrogen) atoms. The van der Waals surface area contributed by atoms with E-state index in [1.165, 1.54) is 0 Å². The molecule has 0 bridgehead atoms. The van der Waals surface area contributed by atoms with Crippen molar-refractivity contribution in [2.75, 3.05) is 0 Å². The predicted octanol–water partition coefficient (Wildman–Crippen LogP) is 1.60. The van der Waals surface area contributed by atoms with E-state index in [0.29, 0.717) is 18.4 Å². The number of hydrogen-bond donors (Lipinski definition) is 1. The summed E-state index contributed by atoms with van der Waals surface area (Å²) in [6.07, 6.45) is 0.355. The molecule has 0 spiro atoms. The maximum atomic E-state index is 13.2. The van der Waals surface area contributed by atoms with Crippen molar-refractivity contribution >= 4 is 12.3 Å². The lowest BCUT2D eigenvalue weighted by atomic mass is 10.1. The van der Waals surface area contributed by atoms with Crippen LogP contribution in [0.2, 0.25) is 0 Å². The molecular weight excluding hydrogens is 218 g/mol. The van der Waals surface area contributed by atoms with Crippen LogP contribution in [-0.2, 0) is 4.79 Å². The monoisotopic (exact) mass is 224 g/mol. The Morgan fingerprint density at radius 2 is 1.94 bits per heavy atom. The molecule has 3 nitrogen and oxygen atoms in total. The van der Waals surface area contributed by atoms with Crippen LogP contribution >= 0.6 is 0 Å². The van der Waals surface area contributed by atoms with E-state index in [1.807, 2.05) is 0 Å². The highest BCUT2D eigenvalue weighted by molar-refractivity contribution is 5.87. The van der Waals surface area contributed by atoms with E-state index >= 15 is 0 Å². The van der Waals surface area contributed by atoms with Crippen molar-refractivity contribution in [1.29, 1.82) is 0 Å². The van der Waals surface area contributed by atoms with Gasteiger partial charge in [0.05, 0.1) is 17.5 Å². The zero-order valence-electron chi connectivity index (χ0n) is 7.96. The molecule has 0 radical (unpaired) electrons. The number of halogens is 2. The van der Waals surface area contributed by atoms with Crippen molar-refractivity contribution in [3.8, 4) is 11.8 Å². The quantitative estimate of drug-likeness (QED) is 0.613. The summed E-state index contributed by atoms with van der Waals surface area (Å²) < 4.78 is 26.4. The van der Waals surface area contributed by atoms with E-state index in [2.05, 4.69) is 11.8 Å². The predicted molar refractivity (Wildman–Crippen MR) is 50.9 cm³/mol. The number of hydrogen-bond acceptors (Lipinski definition) is 2. The maximum Gasteiger partial charge on any atom is 0.335 e. The van der Waals surface area contributed by atoms with Crippen LogP contribution in [0.15, 0.2) is 12.1 Å². The Morgan fingerprint density at radius 3 is 2.38 bits per heavy atom. The highest BCUT2D eigenvalue weighted by Crippen LogP contribution is 2.14. The average Bonchev–Trinajstić information content (AvgIpc) is 2.21. The number of carbonyl (C=O) groups is 2. The first-order valence-corrected chi connectivity index (χ1v) is 4.21. The molecule has 0 amide bonds. The molecule has 1 aromatic carbocycles. The van der Waals surface area contributed by atoms with Gasteiger partial charge >= 0.3 is 5.97 Å². The van der Waals surface area contributed by atoms with Crippen LogP contribution in [0.5, 0.6) is 0 Å². The third-order valence-electron chi connectivity index (χ3n) is 1.69. The number of benzene rings is 1. The standard InChI is InChI=1S/C11H6F2O3/c12-9-5-7(11(15)16)6-10(13)8(9)3-1-2-4-14/h4-6H,2H2,(H,15,16). The number of aldehydes is 1. The van der Waals surface area contributed by atoms with Gasteiger partial charge in [0.2, 0.25) is 0 Å². The zero-order chi connectivity index (χ0) is 12.1. The smallest absolute Gasteiger partial charge is 0.335 e. The largest absolute Gasteiger partial charge is 0.478 e. The summed E-state index contributed by atoms with van der Waals surface area (Å²) in [6, 6.07) is 1.35. The van der Waals surface area contributed by atoms with Gasteiger partial charge in [-0.2, -0.15) is 0 Å². The number of carbonyl (C=O) groups excluding carboxylic acids is 1. The molecule has 0 fully saturated rings. The van der Waals surface area contributed by atoms with Crippen molar-refractivity contribution in [1.82, 2.24) is 0 Å². The van der Waals surface area contributed by atoms with Gasteiger partial charge in [0.25, 0.3) is 0 Å². The fourth-order valence-corrected chi connectivity index (χ4v) is 0.997. The Bertz CT molecular complexity index is 475. The summed E-state index contributed by atoms with van der Waals surface area (Å²) in [6.45, 7) is 0. The number of carboxylic acid groups (broad SMARTS) is 1. The maximum absolute atomic E-state index is 13.2. The van der Waals surface area contributed by atoms with E-state index in [-0.39, 0.29) is 6.42 Å². The van der Waals surface area contributed by atoms with Gasteiger partial charge in [-0.25, -0.2) is 13.6 Å². The minimum atomic E-state index is -1.43. The molecule has 0 saturated heterocycles. The Labute approximate surface area is 89.7 Å². The highest BCUT2D eigenvalue weighted by atomic mass is 19.1. The summed E-state index contributed by atoms with van der Waals surface area (Å²) >= 11 is 0. The molecule has 5 heteroatoms. The molecule has 0 aliphatic heterocycles. The molecule has 0 atom stereocenters. The summed E-state index contributed by atoms with van der Waals surface area (Å²) in [5.41, 5.74) is -1.03. The van der Waals surface area contributed by atoms with Crippen LogP contribution in [-0.4, -0.2) is 17.4 Å². The van der Waals surface area contributed by atoms with Crippen molar-refractivity contribution in [3.63, 3.8) is 0 Å². The van der Waals surface area contributed by atoms with E-state index < -0.39 is 28.7 Å². The molecule has 0 saturated carbocycles. The van der Waals surface area contributed by atoms with Crippen LogP contribution in [0, 0.1) is 23.5 Å². The first kappa shape index (κ1) is 11.9. The van der Waals surface area contributed by atoms with Crippen molar-refractivity contribution in [2.24, 2.45) is 0 Å². The van der Waals surface area contributed by atoms with Crippen molar-refractivity contribution in [3.05, 3.63) is 34.9 Å². The Kier molecular flexibility index (Phi) is 3.72. The molecule has 1 rings (SSSR count). The molecule has 1 N–H and O–H groups in total. The Morgan fingerprint density at radius 1 is 1.38 bits per heavy atom. The minimum Gasteiger partial charge on any atom is -0.478 e. The van der Waals surface area contributed by atoms with E-state index in [9.17, 15) is 18.4 Å². The van der Waals surface area contributed by atoms with Crippen molar-refractivity contribution in [2.45, 2.75) is 6.42 Å². The number of rotatable bonds is 2. The first-order chi connectivity index (χ1) is 7.56. The molecule has 0 unspecified atom stereocenters. The normalized spacial score (nSPS) is 9.12.